The first-order chi connectivity index (χ1) is 5.21. The van der Waals surface area contributed by atoms with Crippen LogP contribution in [-0.2, 0) is 0 Å². The Bertz CT molecular complexity index is 141. The molecule has 0 radical (unpaired) electrons. The molecule has 1 heteroatoms. The highest BCUT2D eigenvalue weighted by Crippen LogP contribution is 2.50. The molecule has 64 valence electrons. The van der Waals surface area contributed by atoms with Crippen LogP contribution < -0.4 is 5.32 Å². The standard InChI is InChI=1S/C10H19N/c1-8-3-4-9(11-7-8)10(2)5-6-10/h8-9,11H,3-7H2,1-2H3/t8-,9+/m0/s1. The fourth-order valence-electron chi connectivity index (χ4n) is 2.14. The van der Waals surface area contributed by atoms with Crippen LogP contribution >= 0.6 is 0 Å². The lowest BCUT2D eigenvalue weighted by Gasteiger charge is -2.32. The van der Waals surface area contributed by atoms with Crippen LogP contribution in [0.15, 0.2) is 0 Å². The van der Waals surface area contributed by atoms with Crippen molar-refractivity contribution in [1.29, 1.82) is 0 Å². The van der Waals surface area contributed by atoms with Gasteiger partial charge in [-0.25, -0.2) is 0 Å². The Morgan fingerprint density at radius 3 is 2.45 bits per heavy atom. The van der Waals surface area contributed by atoms with E-state index in [1.54, 1.807) is 0 Å². The third-order valence-corrected chi connectivity index (χ3v) is 3.54. The molecule has 2 rings (SSSR count). The lowest BCUT2D eigenvalue weighted by atomic mass is 9.87. The lowest BCUT2D eigenvalue weighted by molar-refractivity contribution is 0.252. The van der Waals surface area contributed by atoms with Crippen LogP contribution in [0.5, 0.6) is 0 Å². The molecule has 2 fully saturated rings. The maximum absolute atomic E-state index is 3.67. The third-order valence-electron chi connectivity index (χ3n) is 3.54. The smallest absolute Gasteiger partial charge is 0.0121 e. The molecule has 11 heavy (non-hydrogen) atoms. The maximum atomic E-state index is 3.67. The highest BCUT2D eigenvalue weighted by molar-refractivity contribution is 5.00. The molecule has 0 bridgehead atoms. The monoisotopic (exact) mass is 153 g/mol. The molecule has 1 nitrogen and oxygen atoms in total. The molecule has 1 N–H and O–H groups in total. The van der Waals surface area contributed by atoms with Gasteiger partial charge in [-0.3, -0.25) is 0 Å². The van der Waals surface area contributed by atoms with Gasteiger partial charge in [0.15, 0.2) is 0 Å². The lowest BCUT2D eigenvalue weighted by Crippen LogP contribution is -2.42. The molecule has 1 heterocycles. The van der Waals surface area contributed by atoms with Crippen molar-refractivity contribution < 1.29 is 0 Å². The molecular formula is C10H19N. The second-order valence-electron chi connectivity index (χ2n) is 4.80. The second kappa shape index (κ2) is 2.48. The van der Waals surface area contributed by atoms with Crippen molar-refractivity contribution >= 4 is 0 Å². The summed E-state index contributed by atoms with van der Waals surface area (Å²) >= 11 is 0. The van der Waals surface area contributed by atoms with E-state index >= 15 is 0 Å². The van der Waals surface area contributed by atoms with Crippen LogP contribution in [0.1, 0.15) is 39.5 Å². The summed E-state index contributed by atoms with van der Waals surface area (Å²) in [5.74, 6) is 0.911. The third kappa shape index (κ3) is 1.44. The summed E-state index contributed by atoms with van der Waals surface area (Å²) in [6, 6.07) is 0.846. The molecule has 2 atom stereocenters. The van der Waals surface area contributed by atoms with Crippen molar-refractivity contribution in [2.45, 2.75) is 45.6 Å². The first-order valence-electron chi connectivity index (χ1n) is 4.94. The van der Waals surface area contributed by atoms with Gasteiger partial charge in [0.25, 0.3) is 0 Å². The van der Waals surface area contributed by atoms with E-state index in [-0.39, 0.29) is 0 Å². The molecule has 0 amide bonds. The molecule has 0 unspecified atom stereocenters. The Balaban J connectivity index is 1.87. The molecule has 0 spiro atoms. The van der Waals surface area contributed by atoms with E-state index < -0.39 is 0 Å². The summed E-state index contributed by atoms with van der Waals surface area (Å²) in [4.78, 5) is 0. The number of nitrogens with one attached hydrogen (secondary N) is 1. The van der Waals surface area contributed by atoms with Crippen molar-refractivity contribution in [3.8, 4) is 0 Å². The fraction of sp³-hybridized carbons (Fsp3) is 1.00. The average Bonchev–Trinajstić information content (AvgIpc) is 2.70. The van der Waals surface area contributed by atoms with Gasteiger partial charge in [-0.2, -0.15) is 0 Å². The zero-order chi connectivity index (χ0) is 7.90. The van der Waals surface area contributed by atoms with Crippen LogP contribution in [0.3, 0.4) is 0 Å². The summed E-state index contributed by atoms with van der Waals surface area (Å²) in [5.41, 5.74) is 0.695. The minimum Gasteiger partial charge on any atom is -0.313 e. The van der Waals surface area contributed by atoms with Gasteiger partial charge in [0, 0.05) is 6.04 Å². The Hall–Kier alpha value is -0.0400. The van der Waals surface area contributed by atoms with Crippen LogP contribution in [0.2, 0.25) is 0 Å². The molecule has 0 aromatic rings. The quantitative estimate of drug-likeness (QED) is 0.609. The highest BCUT2D eigenvalue weighted by Gasteiger charge is 2.45. The van der Waals surface area contributed by atoms with Gasteiger partial charge in [0.05, 0.1) is 0 Å². The Kier molecular flexibility index (Phi) is 1.71. The summed E-state index contributed by atoms with van der Waals surface area (Å²) < 4.78 is 0. The van der Waals surface area contributed by atoms with Gasteiger partial charge in [-0.05, 0) is 43.6 Å². The fourth-order valence-corrected chi connectivity index (χ4v) is 2.14. The summed E-state index contributed by atoms with van der Waals surface area (Å²) in [5, 5.41) is 3.67. The van der Waals surface area contributed by atoms with Gasteiger partial charge in [0.2, 0.25) is 0 Å². The van der Waals surface area contributed by atoms with E-state index in [0.29, 0.717) is 5.41 Å². The predicted octanol–water partition coefficient (Wildman–Crippen LogP) is 2.17. The molecular weight excluding hydrogens is 134 g/mol. The minimum absolute atomic E-state index is 0.695. The van der Waals surface area contributed by atoms with E-state index in [0.717, 1.165) is 12.0 Å². The molecule has 1 saturated heterocycles. The average molecular weight is 153 g/mol. The van der Waals surface area contributed by atoms with Gasteiger partial charge in [-0.1, -0.05) is 13.8 Å². The van der Waals surface area contributed by atoms with E-state index in [9.17, 15) is 0 Å². The highest BCUT2D eigenvalue weighted by atomic mass is 15.0. The Morgan fingerprint density at radius 1 is 1.27 bits per heavy atom. The van der Waals surface area contributed by atoms with Gasteiger partial charge in [-0.15, -0.1) is 0 Å². The SMILES string of the molecule is C[C@H]1CC[C@H](C2(C)CC2)NC1. The largest absolute Gasteiger partial charge is 0.313 e. The summed E-state index contributed by atoms with van der Waals surface area (Å²) in [6.45, 7) is 6.03. The van der Waals surface area contributed by atoms with Gasteiger partial charge >= 0.3 is 0 Å². The Labute approximate surface area is 69.6 Å². The zero-order valence-electron chi connectivity index (χ0n) is 7.69. The molecule has 1 saturated carbocycles. The van der Waals surface area contributed by atoms with Crippen LogP contribution in [-0.4, -0.2) is 12.6 Å². The first-order valence-corrected chi connectivity index (χ1v) is 4.94. The van der Waals surface area contributed by atoms with E-state index in [1.165, 1.54) is 32.2 Å². The van der Waals surface area contributed by atoms with Crippen LogP contribution in [0.25, 0.3) is 0 Å². The molecule has 2 aliphatic rings. The minimum atomic E-state index is 0.695. The summed E-state index contributed by atoms with van der Waals surface area (Å²) in [6.07, 6.45) is 5.77. The summed E-state index contributed by atoms with van der Waals surface area (Å²) in [7, 11) is 0. The van der Waals surface area contributed by atoms with Crippen molar-refractivity contribution in [1.82, 2.24) is 5.32 Å². The number of piperidine rings is 1. The predicted molar refractivity (Wildman–Crippen MR) is 47.5 cm³/mol. The van der Waals surface area contributed by atoms with Gasteiger partial charge < -0.3 is 5.32 Å². The Morgan fingerprint density at radius 2 is 2.00 bits per heavy atom. The second-order valence-corrected chi connectivity index (χ2v) is 4.80. The normalized spacial score (nSPS) is 42.0. The number of rotatable bonds is 1. The van der Waals surface area contributed by atoms with Crippen molar-refractivity contribution in [3.05, 3.63) is 0 Å². The molecule has 1 aliphatic heterocycles. The van der Waals surface area contributed by atoms with Gasteiger partial charge in [0.1, 0.15) is 0 Å². The van der Waals surface area contributed by atoms with Crippen molar-refractivity contribution in [2.75, 3.05) is 6.54 Å². The van der Waals surface area contributed by atoms with E-state index in [2.05, 4.69) is 19.2 Å². The number of hydrogen-bond acceptors (Lipinski definition) is 1. The van der Waals surface area contributed by atoms with E-state index in [4.69, 9.17) is 0 Å². The number of hydrogen-bond donors (Lipinski definition) is 1. The molecule has 1 aliphatic carbocycles. The first kappa shape index (κ1) is 7.60. The van der Waals surface area contributed by atoms with Crippen molar-refractivity contribution in [3.63, 3.8) is 0 Å². The van der Waals surface area contributed by atoms with E-state index in [1.807, 2.05) is 0 Å². The zero-order valence-corrected chi connectivity index (χ0v) is 7.69. The van der Waals surface area contributed by atoms with Crippen LogP contribution in [0, 0.1) is 11.3 Å². The topological polar surface area (TPSA) is 12.0 Å². The molecule has 0 aromatic carbocycles. The van der Waals surface area contributed by atoms with Crippen LogP contribution in [0.4, 0.5) is 0 Å². The maximum Gasteiger partial charge on any atom is 0.0121 e. The molecule has 0 aromatic heterocycles. The van der Waals surface area contributed by atoms with Crippen molar-refractivity contribution in [2.24, 2.45) is 11.3 Å².